The second-order valence-corrected chi connectivity index (χ2v) is 7.42. The molecule has 0 aromatic carbocycles. The highest BCUT2D eigenvalue weighted by Gasteiger charge is 2.42. The molecule has 0 saturated carbocycles. The van der Waals surface area contributed by atoms with Gasteiger partial charge in [-0.25, -0.2) is 13.2 Å². The lowest BCUT2D eigenvalue weighted by atomic mass is 9.91. The number of rotatable bonds is 4. The summed E-state index contributed by atoms with van der Waals surface area (Å²) in [5.74, 6) is -0.690. The van der Waals surface area contributed by atoms with Crippen molar-refractivity contribution in [2.45, 2.75) is 25.5 Å². The first-order valence-electron chi connectivity index (χ1n) is 6.79. The minimum atomic E-state index is -3.67. The molecule has 6 heteroatoms. The zero-order valence-corrected chi connectivity index (χ0v) is 13.1. The van der Waals surface area contributed by atoms with Crippen LogP contribution < -0.4 is 0 Å². The van der Waals surface area contributed by atoms with E-state index in [0.29, 0.717) is 0 Å². The van der Waals surface area contributed by atoms with Gasteiger partial charge in [-0.05, 0) is 25.8 Å². The van der Waals surface area contributed by atoms with Crippen LogP contribution >= 0.6 is 0 Å². The van der Waals surface area contributed by atoms with Crippen LogP contribution in [0.2, 0.25) is 0 Å². The van der Waals surface area contributed by atoms with Crippen LogP contribution in [0.4, 0.5) is 0 Å². The van der Waals surface area contributed by atoms with Gasteiger partial charge in [0, 0.05) is 12.4 Å². The minimum absolute atomic E-state index is 0.166. The van der Waals surface area contributed by atoms with E-state index in [-0.39, 0.29) is 18.1 Å². The van der Waals surface area contributed by atoms with E-state index in [1.54, 1.807) is 26.0 Å². The molecule has 0 radical (unpaired) electrons. The van der Waals surface area contributed by atoms with Gasteiger partial charge in [-0.1, -0.05) is 31.2 Å². The Balaban J connectivity index is 2.39. The number of esters is 1. The second kappa shape index (κ2) is 5.52. The average molecular weight is 309 g/mol. The number of hydrogen-bond donors (Lipinski definition) is 0. The van der Waals surface area contributed by atoms with Gasteiger partial charge < -0.3 is 4.74 Å². The normalized spacial score (nSPS) is 25.0. The Kier molecular flexibility index (Phi) is 4.09. The lowest BCUT2D eigenvalue weighted by Crippen LogP contribution is -2.43. The van der Waals surface area contributed by atoms with Crippen molar-refractivity contribution in [2.75, 3.05) is 6.61 Å². The monoisotopic (exact) mass is 309 g/mol. The molecule has 0 spiro atoms. The molecule has 1 aliphatic rings. The van der Waals surface area contributed by atoms with Crippen molar-refractivity contribution in [1.82, 2.24) is 3.97 Å². The van der Waals surface area contributed by atoms with Gasteiger partial charge in [-0.15, -0.1) is 0 Å². The molecule has 0 bridgehead atoms. The van der Waals surface area contributed by atoms with Gasteiger partial charge in [0.2, 0.25) is 10.0 Å². The largest absolute Gasteiger partial charge is 0.462 e. The molecule has 2 rings (SSSR count). The van der Waals surface area contributed by atoms with Crippen molar-refractivity contribution < 1.29 is 17.9 Å². The van der Waals surface area contributed by atoms with E-state index in [4.69, 9.17) is 4.74 Å². The number of aromatic nitrogens is 1. The summed E-state index contributed by atoms with van der Waals surface area (Å²) in [6, 6.07) is 1.45. The maximum absolute atomic E-state index is 12.8. The third kappa shape index (κ3) is 2.55. The molecule has 2 atom stereocenters. The van der Waals surface area contributed by atoms with Crippen LogP contribution in [0.3, 0.4) is 0 Å². The highest BCUT2D eigenvalue weighted by atomic mass is 32.2. The molecule has 1 aromatic rings. The quantitative estimate of drug-likeness (QED) is 0.801. The molecule has 1 aliphatic carbocycles. The lowest BCUT2D eigenvalue weighted by molar-refractivity contribution is 0.0526. The van der Waals surface area contributed by atoms with E-state index in [0.717, 1.165) is 3.97 Å². The Labute approximate surface area is 125 Å². The number of hydrogen-bond acceptors (Lipinski definition) is 4. The first-order chi connectivity index (χ1) is 9.83. The van der Waals surface area contributed by atoms with Gasteiger partial charge in [-0.2, -0.15) is 0 Å². The summed E-state index contributed by atoms with van der Waals surface area (Å²) in [6.45, 7) is 5.48. The summed E-state index contributed by atoms with van der Waals surface area (Å²) < 4.78 is 30.6. The molecule has 0 aliphatic heterocycles. The number of carbonyl (C=O) groups excluding carboxylic acids is 1. The summed E-state index contributed by atoms with van der Waals surface area (Å²) >= 11 is 0. The summed E-state index contributed by atoms with van der Waals surface area (Å²) in [5, 5.41) is 0. The first kappa shape index (κ1) is 15.6. The Morgan fingerprint density at radius 1 is 1.43 bits per heavy atom. The Bertz CT molecular complexity index is 699. The zero-order valence-electron chi connectivity index (χ0n) is 12.3. The topological polar surface area (TPSA) is 65.4 Å². The van der Waals surface area contributed by atoms with Crippen LogP contribution in [-0.4, -0.2) is 29.7 Å². The summed E-state index contributed by atoms with van der Waals surface area (Å²) in [7, 11) is -3.67. The molecule has 0 amide bonds. The molecule has 2 unspecified atom stereocenters. The average Bonchev–Trinajstić information content (AvgIpc) is 2.92. The third-order valence-corrected chi connectivity index (χ3v) is 6.26. The van der Waals surface area contributed by atoms with Gasteiger partial charge in [0.1, 0.15) is 4.75 Å². The van der Waals surface area contributed by atoms with Gasteiger partial charge in [0.25, 0.3) is 0 Å². The van der Waals surface area contributed by atoms with E-state index in [1.165, 1.54) is 18.5 Å². The van der Waals surface area contributed by atoms with Crippen molar-refractivity contribution in [3.8, 4) is 0 Å². The highest BCUT2D eigenvalue weighted by molar-refractivity contribution is 7.91. The molecule has 0 saturated heterocycles. The lowest BCUT2D eigenvalue weighted by Gasteiger charge is -2.32. The predicted octanol–water partition coefficient (Wildman–Crippen LogP) is 2.36. The molecular weight excluding hydrogens is 290 g/mol. The fourth-order valence-electron chi connectivity index (χ4n) is 2.23. The number of allylic oxidation sites excluding steroid dienone is 3. The van der Waals surface area contributed by atoms with Crippen molar-refractivity contribution in [1.29, 1.82) is 0 Å². The third-order valence-electron chi connectivity index (χ3n) is 3.85. The van der Waals surface area contributed by atoms with Gasteiger partial charge in [0.15, 0.2) is 0 Å². The smallest absolute Gasteiger partial charge is 0.339 e. The summed E-state index contributed by atoms with van der Waals surface area (Å²) in [5.41, 5.74) is 0.229. The van der Waals surface area contributed by atoms with E-state index in [1.807, 2.05) is 19.1 Å². The number of ether oxygens (including phenoxy) is 1. The maximum atomic E-state index is 12.8. The van der Waals surface area contributed by atoms with Crippen molar-refractivity contribution in [3.63, 3.8) is 0 Å². The van der Waals surface area contributed by atoms with Crippen LogP contribution in [0.5, 0.6) is 0 Å². The standard InChI is InChI=1S/C15H19NO4S/c1-4-20-14(17)13-8-10-16(11-13)21(18,19)15(3)9-6-5-7-12(15)2/h5-12H,4H2,1-3H3. The second-order valence-electron chi connectivity index (χ2n) is 5.17. The van der Waals surface area contributed by atoms with Crippen LogP contribution in [0.1, 0.15) is 31.1 Å². The van der Waals surface area contributed by atoms with E-state index >= 15 is 0 Å². The first-order valence-corrected chi connectivity index (χ1v) is 8.23. The Morgan fingerprint density at radius 2 is 2.14 bits per heavy atom. The van der Waals surface area contributed by atoms with Crippen molar-refractivity contribution in [3.05, 3.63) is 48.3 Å². The fraction of sp³-hybridized carbons (Fsp3) is 0.400. The Hall–Kier alpha value is -1.82. The number of nitrogens with zero attached hydrogens (tertiary/aromatic N) is 1. The van der Waals surface area contributed by atoms with Gasteiger partial charge in [-0.3, -0.25) is 3.97 Å². The van der Waals surface area contributed by atoms with Crippen LogP contribution in [0.15, 0.2) is 42.8 Å². The number of carbonyl (C=O) groups is 1. The SMILES string of the molecule is CCOC(=O)c1ccn(S(=O)(=O)C2(C)C=CC=CC2C)c1. The molecule has 21 heavy (non-hydrogen) atoms. The van der Waals surface area contributed by atoms with Crippen LogP contribution in [0.25, 0.3) is 0 Å². The van der Waals surface area contributed by atoms with Gasteiger partial charge in [0.05, 0.1) is 12.2 Å². The molecule has 114 valence electrons. The summed E-state index contributed by atoms with van der Waals surface area (Å²) in [4.78, 5) is 11.6. The maximum Gasteiger partial charge on any atom is 0.339 e. The molecule has 0 fully saturated rings. The molecule has 1 heterocycles. The molecule has 5 nitrogen and oxygen atoms in total. The predicted molar refractivity (Wildman–Crippen MR) is 80.6 cm³/mol. The van der Waals surface area contributed by atoms with E-state index < -0.39 is 20.7 Å². The Morgan fingerprint density at radius 3 is 2.76 bits per heavy atom. The van der Waals surface area contributed by atoms with Crippen LogP contribution in [-0.2, 0) is 14.8 Å². The fourth-order valence-corrected chi connectivity index (χ4v) is 3.96. The molecule has 0 N–H and O–H groups in total. The van der Waals surface area contributed by atoms with Gasteiger partial charge >= 0.3 is 5.97 Å². The van der Waals surface area contributed by atoms with Crippen LogP contribution in [0, 0.1) is 5.92 Å². The highest BCUT2D eigenvalue weighted by Crippen LogP contribution is 2.33. The minimum Gasteiger partial charge on any atom is -0.462 e. The van der Waals surface area contributed by atoms with E-state index in [2.05, 4.69) is 0 Å². The summed E-state index contributed by atoms with van der Waals surface area (Å²) in [6.07, 6.45) is 9.78. The molecule has 1 aromatic heterocycles. The molecular formula is C15H19NO4S. The van der Waals surface area contributed by atoms with Crippen molar-refractivity contribution in [2.24, 2.45) is 5.92 Å². The van der Waals surface area contributed by atoms with E-state index in [9.17, 15) is 13.2 Å². The van der Waals surface area contributed by atoms with Crippen molar-refractivity contribution >= 4 is 16.0 Å². The zero-order chi connectivity index (χ0) is 15.7.